The number of tetrazole rings is 1. The van der Waals surface area contributed by atoms with Gasteiger partial charge in [-0.1, -0.05) is 40.2 Å². The van der Waals surface area contributed by atoms with Crippen molar-refractivity contribution in [1.82, 2.24) is 25.2 Å². The lowest BCUT2D eigenvalue weighted by Crippen LogP contribution is -2.12. The van der Waals surface area contributed by atoms with Crippen molar-refractivity contribution in [3.8, 4) is 22.6 Å². The number of hydrogen-bond acceptors (Lipinski definition) is 6. The molecule has 7 nitrogen and oxygen atoms in total. The van der Waals surface area contributed by atoms with Crippen molar-refractivity contribution in [2.45, 2.75) is 19.9 Å². The van der Waals surface area contributed by atoms with E-state index in [0.29, 0.717) is 16.5 Å². The van der Waals surface area contributed by atoms with Crippen molar-refractivity contribution < 1.29 is 4.79 Å². The van der Waals surface area contributed by atoms with Crippen molar-refractivity contribution in [2.24, 2.45) is 0 Å². The largest absolute Gasteiger partial charge is 0.298 e. The second kappa shape index (κ2) is 8.22. The molecule has 4 rings (SSSR count). The van der Waals surface area contributed by atoms with Gasteiger partial charge in [-0.3, -0.25) is 10.1 Å². The van der Waals surface area contributed by atoms with Gasteiger partial charge in [-0.15, -0.1) is 16.4 Å². The number of amides is 1. The topological polar surface area (TPSA) is 85.6 Å². The van der Waals surface area contributed by atoms with E-state index in [0.717, 1.165) is 21.3 Å². The smallest absolute Gasteiger partial charge is 0.257 e. The maximum Gasteiger partial charge on any atom is 0.257 e. The van der Waals surface area contributed by atoms with Crippen molar-refractivity contribution in [3.05, 3.63) is 63.9 Å². The molecule has 9 heteroatoms. The highest BCUT2D eigenvalue weighted by molar-refractivity contribution is 9.10. The number of carbonyl (C=O) groups excluding carboxylic acids is 1. The van der Waals surface area contributed by atoms with Crippen LogP contribution in [0.5, 0.6) is 0 Å². The normalized spacial score (nSPS) is 11.0. The third-order valence-corrected chi connectivity index (χ3v) is 5.52. The summed E-state index contributed by atoms with van der Waals surface area (Å²) < 4.78 is 2.73. The standard InChI is InChI=1S/C20H17BrN6OS/c1-12(2)27-18(24-25-26-27)14-4-3-5-15(10-14)19(28)23-20-22-17(11-29-20)13-6-8-16(21)9-7-13/h3-12H,1-2H3,(H,22,23,28). The Kier molecular flexibility index (Phi) is 5.50. The molecule has 1 N–H and O–H groups in total. The Hall–Kier alpha value is -2.91. The molecule has 2 aromatic carbocycles. The van der Waals surface area contributed by atoms with Gasteiger partial charge in [-0.05, 0) is 48.5 Å². The van der Waals surface area contributed by atoms with Crippen molar-refractivity contribution in [3.63, 3.8) is 0 Å². The molecule has 0 radical (unpaired) electrons. The molecule has 0 bridgehead atoms. The molecule has 0 fully saturated rings. The number of thiazole rings is 1. The summed E-state index contributed by atoms with van der Waals surface area (Å²) >= 11 is 4.81. The number of carbonyl (C=O) groups is 1. The Morgan fingerprint density at radius 3 is 2.69 bits per heavy atom. The minimum atomic E-state index is -0.230. The zero-order chi connectivity index (χ0) is 20.4. The number of anilines is 1. The van der Waals surface area contributed by atoms with E-state index in [1.54, 1.807) is 16.8 Å². The van der Waals surface area contributed by atoms with Gasteiger partial charge < -0.3 is 0 Å². The Morgan fingerprint density at radius 1 is 1.14 bits per heavy atom. The van der Waals surface area contributed by atoms with Crippen LogP contribution in [-0.4, -0.2) is 31.1 Å². The Morgan fingerprint density at radius 2 is 1.93 bits per heavy atom. The van der Waals surface area contributed by atoms with Gasteiger partial charge in [-0.25, -0.2) is 9.67 Å². The van der Waals surface area contributed by atoms with Crippen LogP contribution in [0.2, 0.25) is 0 Å². The fourth-order valence-electron chi connectivity index (χ4n) is 2.78. The first-order chi connectivity index (χ1) is 14.0. The highest BCUT2D eigenvalue weighted by atomic mass is 79.9. The lowest BCUT2D eigenvalue weighted by molar-refractivity contribution is 0.102. The number of nitrogens with zero attached hydrogens (tertiary/aromatic N) is 5. The SMILES string of the molecule is CC(C)n1nnnc1-c1cccc(C(=O)Nc2nc(-c3ccc(Br)cc3)cs2)c1. The maximum atomic E-state index is 12.7. The summed E-state index contributed by atoms with van der Waals surface area (Å²) in [5.74, 6) is 0.397. The summed E-state index contributed by atoms with van der Waals surface area (Å²) in [5.41, 5.74) is 3.11. The summed E-state index contributed by atoms with van der Waals surface area (Å²) in [4.78, 5) is 17.3. The van der Waals surface area contributed by atoms with Crippen LogP contribution in [0.25, 0.3) is 22.6 Å². The molecule has 0 saturated carbocycles. The first-order valence-corrected chi connectivity index (χ1v) is 10.6. The van der Waals surface area contributed by atoms with Gasteiger partial charge in [-0.2, -0.15) is 0 Å². The number of aromatic nitrogens is 5. The zero-order valence-electron chi connectivity index (χ0n) is 15.7. The number of rotatable bonds is 5. The Labute approximate surface area is 179 Å². The molecule has 0 aliphatic carbocycles. The molecule has 0 aliphatic heterocycles. The van der Waals surface area contributed by atoms with Gasteiger partial charge in [0.25, 0.3) is 5.91 Å². The molecular formula is C20H17BrN6OS. The highest BCUT2D eigenvalue weighted by Crippen LogP contribution is 2.27. The molecule has 2 heterocycles. The van der Waals surface area contributed by atoms with Crippen LogP contribution in [0, 0.1) is 0 Å². The first kappa shape index (κ1) is 19.4. The highest BCUT2D eigenvalue weighted by Gasteiger charge is 2.15. The van der Waals surface area contributed by atoms with Gasteiger partial charge in [0.15, 0.2) is 11.0 Å². The molecular weight excluding hydrogens is 452 g/mol. The van der Waals surface area contributed by atoms with E-state index in [-0.39, 0.29) is 11.9 Å². The van der Waals surface area contributed by atoms with E-state index in [1.807, 2.05) is 55.6 Å². The second-order valence-electron chi connectivity index (χ2n) is 6.62. The molecule has 4 aromatic rings. The Balaban J connectivity index is 1.54. The molecule has 0 atom stereocenters. The van der Waals surface area contributed by atoms with Crippen LogP contribution in [0.3, 0.4) is 0 Å². The third kappa shape index (κ3) is 4.25. The predicted octanol–water partition coefficient (Wildman–Crippen LogP) is 5.06. The van der Waals surface area contributed by atoms with Gasteiger partial charge in [0.05, 0.1) is 11.7 Å². The van der Waals surface area contributed by atoms with Crippen LogP contribution in [0.4, 0.5) is 5.13 Å². The van der Waals surface area contributed by atoms with E-state index in [4.69, 9.17) is 0 Å². The second-order valence-corrected chi connectivity index (χ2v) is 8.39. The average Bonchev–Trinajstić information content (AvgIpc) is 3.38. The summed E-state index contributed by atoms with van der Waals surface area (Å²) in [6.07, 6.45) is 0. The lowest BCUT2D eigenvalue weighted by Gasteiger charge is -2.08. The van der Waals surface area contributed by atoms with E-state index >= 15 is 0 Å². The summed E-state index contributed by atoms with van der Waals surface area (Å²) in [6.45, 7) is 4.00. The van der Waals surface area contributed by atoms with Crippen LogP contribution in [0.1, 0.15) is 30.2 Å². The zero-order valence-corrected chi connectivity index (χ0v) is 18.1. The van der Waals surface area contributed by atoms with Crippen molar-refractivity contribution in [1.29, 1.82) is 0 Å². The number of benzene rings is 2. The minimum absolute atomic E-state index is 0.116. The summed E-state index contributed by atoms with van der Waals surface area (Å²) in [7, 11) is 0. The average molecular weight is 469 g/mol. The number of nitrogens with one attached hydrogen (secondary N) is 1. The van der Waals surface area contributed by atoms with Crippen LogP contribution in [-0.2, 0) is 0 Å². The molecule has 146 valence electrons. The first-order valence-electron chi connectivity index (χ1n) is 8.92. The fraction of sp³-hybridized carbons (Fsp3) is 0.150. The van der Waals surface area contributed by atoms with Gasteiger partial charge in [0.2, 0.25) is 0 Å². The molecule has 0 saturated heterocycles. The predicted molar refractivity (Wildman–Crippen MR) is 117 cm³/mol. The van der Waals surface area contributed by atoms with E-state index in [2.05, 4.69) is 41.8 Å². The van der Waals surface area contributed by atoms with E-state index < -0.39 is 0 Å². The van der Waals surface area contributed by atoms with Crippen molar-refractivity contribution >= 4 is 38.3 Å². The van der Waals surface area contributed by atoms with Crippen molar-refractivity contribution in [2.75, 3.05) is 5.32 Å². The monoisotopic (exact) mass is 468 g/mol. The minimum Gasteiger partial charge on any atom is -0.298 e. The molecule has 1 amide bonds. The Bertz CT molecular complexity index is 1150. The molecule has 0 aliphatic rings. The van der Waals surface area contributed by atoms with Gasteiger partial charge in [0.1, 0.15) is 0 Å². The lowest BCUT2D eigenvalue weighted by atomic mass is 10.1. The molecule has 0 unspecified atom stereocenters. The van der Waals surface area contributed by atoms with Gasteiger partial charge >= 0.3 is 0 Å². The van der Waals surface area contributed by atoms with E-state index in [9.17, 15) is 4.79 Å². The summed E-state index contributed by atoms with van der Waals surface area (Å²) in [6, 6.07) is 15.2. The molecule has 0 spiro atoms. The van der Waals surface area contributed by atoms with Gasteiger partial charge in [0, 0.05) is 26.5 Å². The van der Waals surface area contributed by atoms with Crippen LogP contribution < -0.4 is 5.32 Å². The number of hydrogen-bond donors (Lipinski definition) is 1. The summed E-state index contributed by atoms with van der Waals surface area (Å²) in [5, 5.41) is 17.2. The van der Waals surface area contributed by atoms with E-state index in [1.165, 1.54) is 11.3 Å². The molecule has 29 heavy (non-hydrogen) atoms. The third-order valence-electron chi connectivity index (χ3n) is 4.23. The quantitative estimate of drug-likeness (QED) is 0.442. The maximum absolute atomic E-state index is 12.7. The fourth-order valence-corrected chi connectivity index (χ4v) is 3.76. The number of halogens is 1. The van der Waals surface area contributed by atoms with Crippen LogP contribution >= 0.6 is 27.3 Å². The van der Waals surface area contributed by atoms with Crippen LogP contribution in [0.15, 0.2) is 58.4 Å². The molecule has 2 aromatic heterocycles.